The van der Waals surface area contributed by atoms with E-state index in [1.165, 1.54) is 0 Å². The molecule has 0 saturated heterocycles. The summed E-state index contributed by atoms with van der Waals surface area (Å²) in [6.45, 7) is 3.71. The molecule has 5 heteroatoms. The molecule has 0 bridgehead atoms. The summed E-state index contributed by atoms with van der Waals surface area (Å²) < 4.78 is 11.6. The first-order valence-electron chi connectivity index (χ1n) is 10.5. The predicted octanol–water partition coefficient (Wildman–Crippen LogP) is 4.61. The van der Waals surface area contributed by atoms with E-state index in [1.54, 1.807) is 0 Å². The average Bonchev–Trinajstić information content (AvgIpc) is 2.78. The van der Waals surface area contributed by atoms with Crippen molar-refractivity contribution in [2.24, 2.45) is 17.1 Å². The Morgan fingerprint density at radius 1 is 0.967 bits per heavy atom. The first-order valence-corrected chi connectivity index (χ1v) is 10.5. The molecule has 0 aromatic heterocycles. The van der Waals surface area contributed by atoms with Gasteiger partial charge in [0.25, 0.3) is 0 Å². The van der Waals surface area contributed by atoms with E-state index in [0.29, 0.717) is 45.7 Å². The minimum Gasteiger partial charge on any atom is -0.377 e. The van der Waals surface area contributed by atoms with Crippen molar-refractivity contribution in [1.29, 1.82) is 5.26 Å². The number of hydrogen-bond donors (Lipinski definition) is 1. The Bertz CT molecular complexity index is 740. The van der Waals surface area contributed by atoms with Gasteiger partial charge in [0, 0.05) is 13.2 Å². The largest absolute Gasteiger partial charge is 0.377 e. The van der Waals surface area contributed by atoms with Gasteiger partial charge < -0.3 is 15.2 Å². The number of primary amides is 1. The molecule has 0 aliphatic rings. The van der Waals surface area contributed by atoms with E-state index in [2.05, 4.69) is 6.07 Å². The van der Waals surface area contributed by atoms with Gasteiger partial charge in [0.15, 0.2) is 0 Å². The van der Waals surface area contributed by atoms with E-state index in [0.717, 1.165) is 17.5 Å². The monoisotopic (exact) mass is 408 g/mol. The van der Waals surface area contributed by atoms with Crippen LogP contribution in [0.4, 0.5) is 0 Å². The molecule has 0 saturated carbocycles. The van der Waals surface area contributed by atoms with Gasteiger partial charge in [-0.25, -0.2) is 0 Å². The van der Waals surface area contributed by atoms with Gasteiger partial charge in [0.05, 0.1) is 30.6 Å². The first kappa shape index (κ1) is 23.6. The van der Waals surface area contributed by atoms with E-state index < -0.39 is 17.2 Å². The van der Waals surface area contributed by atoms with Crippen LogP contribution in [-0.2, 0) is 27.5 Å². The lowest BCUT2D eigenvalue weighted by molar-refractivity contribution is -0.126. The van der Waals surface area contributed by atoms with Gasteiger partial charge in [-0.15, -0.1) is 0 Å². The fourth-order valence-electron chi connectivity index (χ4n) is 3.68. The first-order chi connectivity index (χ1) is 14.6. The summed E-state index contributed by atoms with van der Waals surface area (Å²) in [6, 6.07) is 22.2. The number of hydrogen-bond acceptors (Lipinski definition) is 4. The normalized spacial score (nSPS) is 12.3. The zero-order valence-corrected chi connectivity index (χ0v) is 17.8. The van der Waals surface area contributed by atoms with Crippen LogP contribution in [0.15, 0.2) is 60.7 Å². The van der Waals surface area contributed by atoms with Crippen LogP contribution in [0.25, 0.3) is 0 Å². The Balaban J connectivity index is 1.98. The molecule has 2 N–H and O–H groups in total. The van der Waals surface area contributed by atoms with Crippen LogP contribution < -0.4 is 5.73 Å². The second-order valence-corrected chi connectivity index (χ2v) is 7.59. The van der Waals surface area contributed by atoms with Gasteiger partial charge in [-0.3, -0.25) is 4.79 Å². The lowest BCUT2D eigenvalue weighted by Gasteiger charge is -2.33. The molecule has 1 atom stereocenters. The van der Waals surface area contributed by atoms with E-state index >= 15 is 0 Å². The summed E-state index contributed by atoms with van der Waals surface area (Å²) in [6.07, 6.45) is 2.25. The number of nitrogens with two attached hydrogens (primary N) is 1. The van der Waals surface area contributed by atoms with Gasteiger partial charge in [-0.05, 0) is 30.4 Å². The second-order valence-electron chi connectivity index (χ2n) is 7.59. The van der Waals surface area contributed by atoms with Crippen molar-refractivity contribution in [3.8, 4) is 6.07 Å². The van der Waals surface area contributed by atoms with Gasteiger partial charge in [0.2, 0.25) is 5.91 Å². The zero-order chi connectivity index (χ0) is 21.7. The van der Waals surface area contributed by atoms with E-state index in [1.807, 2.05) is 67.6 Å². The second kappa shape index (κ2) is 12.8. The summed E-state index contributed by atoms with van der Waals surface area (Å²) >= 11 is 0. The van der Waals surface area contributed by atoms with Crippen LogP contribution in [0.3, 0.4) is 0 Å². The number of rotatable bonds is 14. The summed E-state index contributed by atoms with van der Waals surface area (Å²) in [7, 11) is 0. The third kappa shape index (κ3) is 7.29. The van der Waals surface area contributed by atoms with Crippen LogP contribution >= 0.6 is 0 Å². The molecular formula is C25H32N2O3. The van der Waals surface area contributed by atoms with Crippen LogP contribution in [0.2, 0.25) is 0 Å². The number of benzene rings is 2. The van der Waals surface area contributed by atoms with Gasteiger partial charge >= 0.3 is 0 Å². The summed E-state index contributed by atoms with van der Waals surface area (Å²) in [5.74, 6) is -0.947. The number of nitriles is 1. The number of nitrogens with zero attached hydrogens (tertiary/aromatic N) is 1. The van der Waals surface area contributed by atoms with Crippen LogP contribution in [0.5, 0.6) is 0 Å². The quantitative estimate of drug-likeness (QED) is 0.463. The third-order valence-corrected chi connectivity index (χ3v) is 5.42. The van der Waals surface area contributed by atoms with Crippen molar-refractivity contribution < 1.29 is 14.3 Å². The molecule has 5 nitrogen and oxygen atoms in total. The molecule has 2 rings (SSSR count). The van der Waals surface area contributed by atoms with Crippen molar-refractivity contribution >= 4 is 5.91 Å². The van der Waals surface area contributed by atoms with Crippen molar-refractivity contribution in [2.45, 2.75) is 45.8 Å². The topological polar surface area (TPSA) is 85.3 Å². The fraction of sp³-hybridized carbons (Fsp3) is 0.440. The Morgan fingerprint density at radius 2 is 1.43 bits per heavy atom. The highest BCUT2D eigenvalue weighted by atomic mass is 16.5. The zero-order valence-electron chi connectivity index (χ0n) is 17.8. The predicted molar refractivity (Wildman–Crippen MR) is 117 cm³/mol. The number of carbonyl (C=O) groups is 1. The van der Waals surface area contributed by atoms with Gasteiger partial charge in [-0.2, -0.15) is 5.26 Å². The van der Waals surface area contributed by atoms with Crippen molar-refractivity contribution in [3.05, 3.63) is 71.8 Å². The molecule has 2 aromatic carbocycles. The molecule has 0 fully saturated rings. The van der Waals surface area contributed by atoms with E-state index in [4.69, 9.17) is 15.2 Å². The molecule has 1 amide bonds. The number of amides is 1. The minimum atomic E-state index is -0.894. The van der Waals surface area contributed by atoms with Crippen molar-refractivity contribution in [3.63, 3.8) is 0 Å². The van der Waals surface area contributed by atoms with Gasteiger partial charge in [-0.1, -0.05) is 74.0 Å². The molecule has 0 aliphatic heterocycles. The molecule has 2 aromatic rings. The molecule has 0 aliphatic carbocycles. The maximum Gasteiger partial charge on any atom is 0.222 e. The Morgan fingerprint density at radius 3 is 1.80 bits per heavy atom. The van der Waals surface area contributed by atoms with Crippen molar-refractivity contribution in [1.82, 2.24) is 0 Å². The molecule has 0 spiro atoms. The highest BCUT2D eigenvalue weighted by molar-refractivity contribution is 5.78. The van der Waals surface area contributed by atoms with Crippen LogP contribution in [-0.4, -0.2) is 19.1 Å². The summed E-state index contributed by atoms with van der Waals surface area (Å²) in [5, 5.41) is 10.1. The highest BCUT2D eigenvalue weighted by Gasteiger charge is 2.41. The molecule has 160 valence electrons. The number of carbonyl (C=O) groups excluding carboxylic acids is 1. The SMILES string of the molecule is CCCC(C(N)=O)C(C#N)(CCOCc1ccccc1)CCOCc1ccccc1. The maximum atomic E-state index is 12.2. The summed E-state index contributed by atoms with van der Waals surface area (Å²) in [5.41, 5.74) is 6.96. The lowest BCUT2D eigenvalue weighted by Crippen LogP contribution is -2.40. The third-order valence-electron chi connectivity index (χ3n) is 5.42. The Labute approximate surface area is 179 Å². The maximum absolute atomic E-state index is 12.2. The van der Waals surface area contributed by atoms with Crippen LogP contribution in [0, 0.1) is 22.7 Å². The standard InChI is InChI=1S/C25H32N2O3/c1-2-9-23(24(27)28)25(20-26,14-16-29-18-21-10-5-3-6-11-21)15-17-30-19-22-12-7-4-8-13-22/h3-8,10-13,23H,2,9,14-19H2,1H3,(H2,27,28). The van der Waals surface area contributed by atoms with E-state index in [-0.39, 0.29) is 0 Å². The molecule has 0 heterocycles. The Hall–Kier alpha value is -2.68. The van der Waals surface area contributed by atoms with Crippen LogP contribution in [0.1, 0.15) is 43.7 Å². The molecule has 30 heavy (non-hydrogen) atoms. The van der Waals surface area contributed by atoms with E-state index in [9.17, 15) is 10.1 Å². The highest BCUT2D eigenvalue weighted by Crippen LogP contribution is 2.38. The molecule has 1 unspecified atom stereocenters. The van der Waals surface area contributed by atoms with Crippen molar-refractivity contribution in [2.75, 3.05) is 13.2 Å². The smallest absolute Gasteiger partial charge is 0.222 e. The van der Waals surface area contributed by atoms with Gasteiger partial charge in [0.1, 0.15) is 0 Å². The molecular weight excluding hydrogens is 376 g/mol. The Kier molecular flexibility index (Phi) is 10.1. The summed E-state index contributed by atoms with van der Waals surface area (Å²) in [4.78, 5) is 12.2. The minimum absolute atomic E-state index is 0.384. The lowest BCUT2D eigenvalue weighted by atomic mass is 9.69. The molecule has 0 radical (unpaired) electrons. The number of ether oxygens (including phenoxy) is 2. The average molecular weight is 409 g/mol. The fourth-order valence-corrected chi connectivity index (χ4v) is 3.68.